The molecule has 38 heavy (non-hydrogen) atoms. The highest BCUT2D eigenvalue weighted by atomic mass is 32.1. The van der Waals surface area contributed by atoms with Gasteiger partial charge in [-0.1, -0.05) is 32.0 Å². The molecule has 4 amide bonds. The first kappa shape index (κ1) is 27.4. The van der Waals surface area contributed by atoms with E-state index in [-0.39, 0.29) is 17.2 Å². The fourth-order valence-electron chi connectivity index (χ4n) is 4.51. The summed E-state index contributed by atoms with van der Waals surface area (Å²) in [4.78, 5) is 41.9. The minimum Gasteiger partial charge on any atom is -0.361 e. The van der Waals surface area contributed by atoms with Gasteiger partial charge in [0.1, 0.15) is 16.3 Å². The lowest BCUT2D eigenvalue weighted by atomic mass is 9.93. The van der Waals surface area contributed by atoms with E-state index in [9.17, 15) is 14.4 Å². The van der Waals surface area contributed by atoms with Gasteiger partial charge in [0.25, 0.3) is 5.91 Å². The normalized spacial score (nSPS) is 15.3. The number of aryl methyl sites for hydroxylation is 3. The van der Waals surface area contributed by atoms with Crippen molar-refractivity contribution in [1.29, 1.82) is 0 Å². The minimum absolute atomic E-state index is 0.205. The number of carbonyl (C=O) groups is 3. The molecule has 0 atom stereocenters. The molecule has 3 aromatic rings. The van der Waals surface area contributed by atoms with E-state index in [1.807, 2.05) is 45.0 Å². The summed E-state index contributed by atoms with van der Waals surface area (Å²) in [5.74, 6) is 0.213. The van der Waals surface area contributed by atoms with E-state index >= 15 is 0 Å². The molecule has 0 radical (unpaired) electrons. The number of thiophene rings is 1. The van der Waals surface area contributed by atoms with Gasteiger partial charge >= 0.3 is 6.03 Å². The van der Waals surface area contributed by atoms with Crippen LogP contribution in [0.5, 0.6) is 0 Å². The smallest absolute Gasteiger partial charge is 0.324 e. The fraction of sp³-hybridized carbons (Fsp3) is 0.429. The zero-order valence-electron chi connectivity index (χ0n) is 23.2. The average Bonchev–Trinajstić information content (AvgIpc) is 3.39. The lowest BCUT2D eigenvalue weighted by molar-refractivity contribution is -0.133. The van der Waals surface area contributed by atoms with Crippen LogP contribution < -0.4 is 16.0 Å². The van der Waals surface area contributed by atoms with Gasteiger partial charge in [-0.3, -0.25) is 14.9 Å². The van der Waals surface area contributed by atoms with E-state index in [2.05, 4.69) is 41.9 Å². The van der Waals surface area contributed by atoms with Gasteiger partial charge in [0.2, 0.25) is 5.91 Å². The van der Waals surface area contributed by atoms with Crippen molar-refractivity contribution in [1.82, 2.24) is 15.4 Å². The maximum absolute atomic E-state index is 13.7. The van der Waals surface area contributed by atoms with Gasteiger partial charge in [-0.05, 0) is 69.4 Å². The van der Waals surface area contributed by atoms with Gasteiger partial charge in [-0.2, -0.15) is 0 Å². The Bertz CT molecular complexity index is 1390. The molecular weight excluding hydrogens is 502 g/mol. The third-order valence-corrected chi connectivity index (χ3v) is 8.30. The summed E-state index contributed by atoms with van der Waals surface area (Å²) >= 11 is 1.37. The summed E-state index contributed by atoms with van der Waals surface area (Å²) in [7, 11) is 0. The zero-order valence-corrected chi connectivity index (χ0v) is 24.0. The molecule has 1 aliphatic rings. The van der Waals surface area contributed by atoms with Crippen LogP contribution in [0.1, 0.15) is 66.9 Å². The summed E-state index contributed by atoms with van der Waals surface area (Å²) < 4.78 is 5.33. The van der Waals surface area contributed by atoms with Crippen LogP contribution in [0.25, 0.3) is 11.1 Å². The monoisotopic (exact) mass is 537 g/mol. The SMILES string of the molecule is Cc1ccc(NC(=O)Nc2sc(C(C)(C)C)cc2C(=O)N2CCNC(=O)C2(C)C)cc1-c1c(C)noc1C. The van der Waals surface area contributed by atoms with E-state index in [0.29, 0.717) is 35.1 Å². The summed E-state index contributed by atoms with van der Waals surface area (Å²) in [5, 5.41) is 13.1. The Kier molecular flexibility index (Phi) is 7.13. The highest BCUT2D eigenvalue weighted by molar-refractivity contribution is 7.16. The maximum atomic E-state index is 13.7. The van der Waals surface area contributed by atoms with Crippen molar-refractivity contribution in [3.8, 4) is 11.1 Å². The topological polar surface area (TPSA) is 117 Å². The van der Waals surface area contributed by atoms with Crippen LogP contribution in [0.15, 0.2) is 28.8 Å². The summed E-state index contributed by atoms with van der Waals surface area (Å²) in [6.45, 7) is 16.1. The van der Waals surface area contributed by atoms with Crippen molar-refractivity contribution in [3.63, 3.8) is 0 Å². The maximum Gasteiger partial charge on any atom is 0.324 e. The molecule has 1 saturated heterocycles. The zero-order chi connectivity index (χ0) is 28.0. The van der Waals surface area contributed by atoms with Crippen LogP contribution in [-0.2, 0) is 10.2 Å². The predicted octanol–water partition coefficient (Wildman–Crippen LogP) is 5.62. The van der Waals surface area contributed by atoms with E-state index in [1.165, 1.54) is 11.3 Å². The van der Waals surface area contributed by atoms with Crippen molar-refractivity contribution < 1.29 is 18.9 Å². The minimum atomic E-state index is -1.00. The third-order valence-electron chi connectivity index (χ3n) is 6.82. The van der Waals surface area contributed by atoms with Gasteiger partial charge in [0.15, 0.2) is 0 Å². The van der Waals surface area contributed by atoms with Gasteiger partial charge in [-0.25, -0.2) is 4.79 Å². The molecule has 10 heteroatoms. The lowest BCUT2D eigenvalue weighted by Gasteiger charge is -2.41. The molecule has 202 valence electrons. The van der Waals surface area contributed by atoms with Crippen molar-refractivity contribution in [2.45, 2.75) is 66.3 Å². The molecule has 9 nitrogen and oxygen atoms in total. The van der Waals surface area contributed by atoms with E-state index in [4.69, 9.17) is 4.52 Å². The molecule has 0 saturated carbocycles. The first-order valence-electron chi connectivity index (χ1n) is 12.6. The van der Waals surface area contributed by atoms with Crippen molar-refractivity contribution in [3.05, 3.63) is 51.7 Å². The van der Waals surface area contributed by atoms with Crippen LogP contribution >= 0.6 is 11.3 Å². The number of benzene rings is 1. The molecule has 3 heterocycles. The molecule has 0 unspecified atom stereocenters. The Morgan fingerprint density at radius 2 is 1.84 bits per heavy atom. The number of anilines is 2. The average molecular weight is 538 g/mol. The molecule has 0 bridgehead atoms. The van der Waals surface area contributed by atoms with Gasteiger partial charge in [0, 0.05) is 29.2 Å². The standard InChI is InChI=1S/C28H35N5O4S/c1-15-9-10-18(13-19(15)22-16(2)32-37-17(22)3)30-26(36)31-23-20(14-21(38-23)27(4,5)6)24(34)33-12-11-29-25(35)28(33,7)8/h9-10,13-14H,11-12H2,1-8H3,(H,29,35)(H2,30,31,36). The summed E-state index contributed by atoms with van der Waals surface area (Å²) in [6.07, 6.45) is 0. The Hall–Kier alpha value is -3.66. The highest BCUT2D eigenvalue weighted by Crippen LogP contribution is 2.38. The molecule has 0 spiro atoms. The van der Waals surface area contributed by atoms with Crippen molar-refractivity contribution in [2.24, 2.45) is 0 Å². The first-order chi connectivity index (χ1) is 17.7. The van der Waals surface area contributed by atoms with Crippen LogP contribution in [0.4, 0.5) is 15.5 Å². The molecule has 1 aromatic carbocycles. The second kappa shape index (κ2) is 9.90. The number of hydrogen-bond acceptors (Lipinski definition) is 6. The number of hydrogen-bond donors (Lipinski definition) is 3. The Labute approximate surface area is 227 Å². The third kappa shape index (κ3) is 5.18. The fourth-order valence-corrected chi connectivity index (χ4v) is 5.62. The molecular formula is C28H35N5O4S. The quantitative estimate of drug-likeness (QED) is 0.399. The van der Waals surface area contributed by atoms with E-state index in [0.717, 1.165) is 27.3 Å². The van der Waals surface area contributed by atoms with E-state index < -0.39 is 11.6 Å². The molecule has 3 N–H and O–H groups in total. The predicted molar refractivity (Wildman–Crippen MR) is 150 cm³/mol. The number of urea groups is 1. The van der Waals surface area contributed by atoms with Crippen LogP contribution in [-0.4, -0.2) is 46.5 Å². The van der Waals surface area contributed by atoms with E-state index in [1.54, 1.807) is 18.7 Å². The number of amides is 4. The first-order valence-corrected chi connectivity index (χ1v) is 13.4. The summed E-state index contributed by atoms with van der Waals surface area (Å²) in [5.41, 5.74) is 3.36. The Balaban J connectivity index is 1.62. The van der Waals surface area contributed by atoms with Gasteiger partial charge < -0.3 is 20.1 Å². The van der Waals surface area contributed by atoms with Gasteiger partial charge in [0.05, 0.1) is 11.3 Å². The molecule has 1 fully saturated rings. The number of nitrogens with zero attached hydrogens (tertiary/aromatic N) is 2. The number of nitrogens with one attached hydrogen (secondary N) is 3. The Morgan fingerprint density at radius 1 is 1.13 bits per heavy atom. The highest BCUT2D eigenvalue weighted by Gasteiger charge is 2.42. The molecule has 4 rings (SSSR count). The number of piperazine rings is 1. The number of rotatable bonds is 4. The Morgan fingerprint density at radius 3 is 2.47 bits per heavy atom. The van der Waals surface area contributed by atoms with Crippen molar-refractivity contribution >= 4 is 39.9 Å². The number of aromatic nitrogens is 1. The van der Waals surface area contributed by atoms with Crippen LogP contribution in [0, 0.1) is 20.8 Å². The summed E-state index contributed by atoms with van der Waals surface area (Å²) in [6, 6.07) is 7.00. The lowest BCUT2D eigenvalue weighted by Crippen LogP contribution is -2.63. The van der Waals surface area contributed by atoms with Crippen LogP contribution in [0.2, 0.25) is 0 Å². The van der Waals surface area contributed by atoms with Crippen molar-refractivity contribution in [2.75, 3.05) is 23.7 Å². The molecule has 0 aliphatic carbocycles. The largest absolute Gasteiger partial charge is 0.361 e. The second-order valence-electron chi connectivity index (χ2n) is 11.2. The second-order valence-corrected chi connectivity index (χ2v) is 12.2. The number of carbonyl (C=O) groups excluding carboxylic acids is 3. The van der Waals surface area contributed by atoms with Crippen LogP contribution in [0.3, 0.4) is 0 Å². The molecule has 1 aliphatic heterocycles. The molecule has 2 aromatic heterocycles. The van der Waals surface area contributed by atoms with Gasteiger partial charge in [-0.15, -0.1) is 11.3 Å².